The lowest BCUT2D eigenvalue weighted by atomic mass is 10.1. The van der Waals surface area contributed by atoms with Crippen LogP contribution in [-0.4, -0.2) is 37.4 Å². The molecule has 0 aliphatic carbocycles. The fourth-order valence-electron chi connectivity index (χ4n) is 2.70. The molecule has 0 aliphatic heterocycles. The Morgan fingerprint density at radius 1 is 1.08 bits per heavy atom. The molecule has 2 amide bonds. The summed E-state index contributed by atoms with van der Waals surface area (Å²) >= 11 is 0. The lowest BCUT2D eigenvalue weighted by Crippen LogP contribution is -2.30. The summed E-state index contributed by atoms with van der Waals surface area (Å²) in [6, 6.07) is 13.2. The molecule has 5 heteroatoms. The van der Waals surface area contributed by atoms with E-state index < -0.39 is 0 Å². The maximum atomic E-state index is 12.2. The van der Waals surface area contributed by atoms with Crippen LogP contribution < -0.4 is 10.6 Å². The Bertz CT molecular complexity index is 771. The maximum absolute atomic E-state index is 12.2. The molecule has 2 aromatic carbocycles. The zero-order valence-electron chi connectivity index (χ0n) is 15.2. The normalized spacial score (nSPS) is 10.6. The van der Waals surface area contributed by atoms with E-state index in [0.29, 0.717) is 17.8 Å². The van der Waals surface area contributed by atoms with Gasteiger partial charge in [0.05, 0.1) is 6.54 Å². The van der Waals surface area contributed by atoms with Gasteiger partial charge in [0.2, 0.25) is 5.91 Å². The summed E-state index contributed by atoms with van der Waals surface area (Å²) in [5, 5.41) is 5.41. The summed E-state index contributed by atoms with van der Waals surface area (Å²) in [7, 11) is 3.50. The van der Waals surface area contributed by atoms with Gasteiger partial charge in [0.15, 0.2) is 0 Å². The molecule has 25 heavy (non-hydrogen) atoms. The van der Waals surface area contributed by atoms with Crippen molar-refractivity contribution in [1.82, 2.24) is 10.2 Å². The Hall–Kier alpha value is -2.66. The van der Waals surface area contributed by atoms with Crippen molar-refractivity contribution in [2.24, 2.45) is 0 Å². The number of hydrogen-bond acceptors (Lipinski definition) is 3. The summed E-state index contributed by atoms with van der Waals surface area (Å²) < 4.78 is 0. The van der Waals surface area contributed by atoms with Crippen molar-refractivity contribution >= 4 is 17.5 Å². The number of likely N-dealkylation sites (N-methyl/N-ethyl adjacent to an activating group) is 1. The Morgan fingerprint density at radius 3 is 2.52 bits per heavy atom. The molecule has 0 saturated carbocycles. The van der Waals surface area contributed by atoms with Gasteiger partial charge in [0, 0.05) is 24.8 Å². The minimum Gasteiger partial charge on any atom is -0.355 e. The summed E-state index contributed by atoms with van der Waals surface area (Å²) in [5.41, 5.74) is 4.81. The van der Waals surface area contributed by atoms with Crippen LogP contribution >= 0.6 is 0 Å². The second-order valence-corrected chi connectivity index (χ2v) is 6.31. The predicted molar refractivity (Wildman–Crippen MR) is 101 cm³/mol. The SMILES string of the molecule is CNC(=O)c1cccc(NC(=O)CN(C)Cc2ccc(C)cc2C)c1. The van der Waals surface area contributed by atoms with Gasteiger partial charge in [0.25, 0.3) is 5.91 Å². The minimum atomic E-state index is -0.178. The van der Waals surface area contributed by atoms with Crippen molar-refractivity contribution in [2.75, 3.05) is 26.0 Å². The Balaban J connectivity index is 1.94. The lowest BCUT2D eigenvalue weighted by molar-refractivity contribution is -0.117. The van der Waals surface area contributed by atoms with E-state index in [4.69, 9.17) is 0 Å². The van der Waals surface area contributed by atoms with E-state index in [2.05, 4.69) is 42.7 Å². The van der Waals surface area contributed by atoms with E-state index in [-0.39, 0.29) is 18.4 Å². The van der Waals surface area contributed by atoms with Crippen LogP contribution in [0.25, 0.3) is 0 Å². The van der Waals surface area contributed by atoms with E-state index in [1.54, 1.807) is 31.3 Å². The average Bonchev–Trinajstić information content (AvgIpc) is 2.56. The van der Waals surface area contributed by atoms with Gasteiger partial charge < -0.3 is 10.6 Å². The Kier molecular flexibility index (Phi) is 6.31. The molecule has 0 fully saturated rings. The van der Waals surface area contributed by atoms with Crippen LogP contribution in [0.15, 0.2) is 42.5 Å². The van der Waals surface area contributed by atoms with Crippen LogP contribution in [0.1, 0.15) is 27.0 Å². The topological polar surface area (TPSA) is 61.4 Å². The fraction of sp³-hybridized carbons (Fsp3) is 0.300. The number of hydrogen-bond donors (Lipinski definition) is 2. The average molecular weight is 339 g/mol. The van der Waals surface area contributed by atoms with Crippen molar-refractivity contribution in [2.45, 2.75) is 20.4 Å². The second kappa shape index (κ2) is 8.44. The molecule has 2 aromatic rings. The molecule has 0 aliphatic rings. The number of nitrogens with zero attached hydrogens (tertiary/aromatic N) is 1. The number of benzene rings is 2. The number of anilines is 1. The van der Waals surface area contributed by atoms with Gasteiger partial charge in [-0.25, -0.2) is 0 Å². The molecule has 0 radical (unpaired) electrons. The molecule has 0 bridgehead atoms. The molecule has 0 atom stereocenters. The zero-order chi connectivity index (χ0) is 18.4. The highest BCUT2D eigenvalue weighted by molar-refractivity contribution is 5.97. The highest BCUT2D eigenvalue weighted by atomic mass is 16.2. The largest absolute Gasteiger partial charge is 0.355 e. The molecule has 0 aromatic heterocycles. The number of rotatable bonds is 6. The van der Waals surface area contributed by atoms with Crippen LogP contribution in [0, 0.1) is 13.8 Å². The maximum Gasteiger partial charge on any atom is 0.251 e. The van der Waals surface area contributed by atoms with Crippen molar-refractivity contribution in [1.29, 1.82) is 0 Å². The monoisotopic (exact) mass is 339 g/mol. The van der Waals surface area contributed by atoms with Crippen LogP contribution in [0.3, 0.4) is 0 Å². The molecule has 0 heterocycles. The third kappa shape index (κ3) is 5.43. The lowest BCUT2D eigenvalue weighted by Gasteiger charge is -2.18. The van der Waals surface area contributed by atoms with Gasteiger partial charge in [-0.2, -0.15) is 0 Å². The molecule has 0 saturated heterocycles. The van der Waals surface area contributed by atoms with Crippen molar-refractivity contribution in [3.63, 3.8) is 0 Å². The molecule has 2 N–H and O–H groups in total. The third-order valence-corrected chi connectivity index (χ3v) is 3.99. The van der Waals surface area contributed by atoms with Crippen LogP contribution in [0.4, 0.5) is 5.69 Å². The number of carbonyl (C=O) groups is 2. The first-order valence-corrected chi connectivity index (χ1v) is 8.25. The number of aryl methyl sites for hydroxylation is 2. The number of nitrogens with one attached hydrogen (secondary N) is 2. The third-order valence-electron chi connectivity index (χ3n) is 3.99. The van der Waals surface area contributed by atoms with Gasteiger partial charge in [-0.15, -0.1) is 0 Å². The summed E-state index contributed by atoms with van der Waals surface area (Å²) in [5.74, 6) is -0.288. The number of carbonyl (C=O) groups excluding carboxylic acids is 2. The van der Waals surface area contributed by atoms with Gasteiger partial charge in [-0.05, 0) is 50.2 Å². The smallest absolute Gasteiger partial charge is 0.251 e. The van der Waals surface area contributed by atoms with Gasteiger partial charge in [-0.3, -0.25) is 14.5 Å². The van der Waals surface area contributed by atoms with E-state index in [9.17, 15) is 9.59 Å². The van der Waals surface area contributed by atoms with Gasteiger partial charge >= 0.3 is 0 Å². The van der Waals surface area contributed by atoms with Crippen molar-refractivity contribution < 1.29 is 9.59 Å². The fourth-order valence-corrected chi connectivity index (χ4v) is 2.70. The second-order valence-electron chi connectivity index (χ2n) is 6.31. The first-order chi connectivity index (χ1) is 11.9. The molecule has 2 rings (SSSR count). The van der Waals surface area contributed by atoms with Gasteiger partial charge in [0.1, 0.15) is 0 Å². The van der Waals surface area contributed by atoms with Gasteiger partial charge in [-0.1, -0.05) is 29.8 Å². The number of amides is 2. The van der Waals surface area contributed by atoms with Crippen LogP contribution in [0.2, 0.25) is 0 Å². The van der Waals surface area contributed by atoms with Crippen LogP contribution in [-0.2, 0) is 11.3 Å². The highest BCUT2D eigenvalue weighted by Gasteiger charge is 2.10. The first kappa shape index (κ1) is 18.7. The zero-order valence-corrected chi connectivity index (χ0v) is 15.2. The minimum absolute atomic E-state index is 0.110. The Morgan fingerprint density at radius 2 is 1.84 bits per heavy atom. The molecule has 0 spiro atoms. The van der Waals surface area contributed by atoms with E-state index in [1.807, 2.05) is 11.9 Å². The molecule has 132 valence electrons. The van der Waals surface area contributed by atoms with E-state index in [0.717, 1.165) is 0 Å². The van der Waals surface area contributed by atoms with Crippen molar-refractivity contribution in [3.8, 4) is 0 Å². The van der Waals surface area contributed by atoms with E-state index >= 15 is 0 Å². The highest BCUT2D eigenvalue weighted by Crippen LogP contribution is 2.13. The molecule has 5 nitrogen and oxygen atoms in total. The molecular weight excluding hydrogens is 314 g/mol. The summed E-state index contributed by atoms with van der Waals surface area (Å²) in [6.45, 7) is 5.14. The quantitative estimate of drug-likeness (QED) is 0.851. The predicted octanol–water partition coefficient (Wildman–Crippen LogP) is 2.73. The Labute approximate surface area is 149 Å². The van der Waals surface area contributed by atoms with Crippen molar-refractivity contribution in [3.05, 3.63) is 64.7 Å². The molecule has 0 unspecified atom stereocenters. The van der Waals surface area contributed by atoms with Crippen LogP contribution in [0.5, 0.6) is 0 Å². The van der Waals surface area contributed by atoms with E-state index in [1.165, 1.54) is 16.7 Å². The summed E-state index contributed by atoms with van der Waals surface area (Å²) in [6.07, 6.45) is 0. The summed E-state index contributed by atoms with van der Waals surface area (Å²) in [4.78, 5) is 25.9. The molecular formula is C20H25N3O2. The standard InChI is InChI=1S/C20H25N3O2/c1-14-8-9-17(15(2)10-14)12-23(4)13-19(24)22-18-7-5-6-16(11-18)20(25)21-3/h5-11H,12-13H2,1-4H3,(H,21,25)(H,22,24). The first-order valence-electron chi connectivity index (χ1n) is 8.25.